The van der Waals surface area contributed by atoms with Crippen LogP contribution in [0.3, 0.4) is 0 Å². The van der Waals surface area contributed by atoms with Crippen molar-refractivity contribution < 1.29 is 14.3 Å². The van der Waals surface area contributed by atoms with Gasteiger partial charge in [0.2, 0.25) is 0 Å². The van der Waals surface area contributed by atoms with Gasteiger partial charge in [0.25, 0.3) is 0 Å². The summed E-state index contributed by atoms with van der Waals surface area (Å²) in [7, 11) is 1.45. The van der Waals surface area contributed by atoms with Crippen LogP contribution < -0.4 is 0 Å². The van der Waals surface area contributed by atoms with E-state index in [1.807, 2.05) is 0 Å². The average Bonchev–Trinajstić information content (AvgIpc) is 3.20. The quantitative estimate of drug-likeness (QED) is 0.245. The SMILES string of the molecule is COC(=O)CCC/C=C\C[C@@H]1[C@@H](CBr)[C@H]2C[C@]1(Cc1ccccc1)CO2. The Bertz CT molecular complexity index is 615. The molecule has 1 aromatic rings. The molecule has 1 saturated heterocycles. The standard InChI is InChI=1S/C22H29BrO3/c1-25-21(24)12-8-3-2-7-11-19-18(15-23)20-14-22(19,16-26-20)13-17-9-5-4-6-10-17/h2,4-7,9-10,18-20H,3,8,11-16H2,1H3/b7-2-/t18-,19-,20-,22-/m1/s1. The first-order valence-electron chi connectivity index (χ1n) is 9.62. The summed E-state index contributed by atoms with van der Waals surface area (Å²) < 4.78 is 10.8. The molecule has 0 N–H and O–H groups in total. The highest BCUT2D eigenvalue weighted by Gasteiger charge is 2.57. The fourth-order valence-corrected chi connectivity index (χ4v) is 5.62. The van der Waals surface area contributed by atoms with Gasteiger partial charge in [0.15, 0.2) is 0 Å². The molecule has 4 heteroatoms. The normalized spacial score (nSPS) is 30.2. The van der Waals surface area contributed by atoms with Crippen LogP contribution in [0.25, 0.3) is 0 Å². The number of rotatable bonds is 9. The summed E-state index contributed by atoms with van der Waals surface area (Å²) in [5, 5.41) is 1.01. The minimum Gasteiger partial charge on any atom is -0.469 e. The number of fused-ring (bicyclic) bond motifs is 2. The number of esters is 1. The van der Waals surface area contributed by atoms with Crippen LogP contribution in [-0.2, 0) is 20.7 Å². The van der Waals surface area contributed by atoms with E-state index in [2.05, 4.69) is 63.2 Å². The fourth-order valence-electron chi connectivity index (χ4n) is 4.75. The Kier molecular flexibility index (Phi) is 6.93. The third-order valence-corrected chi connectivity index (χ3v) is 6.83. The molecule has 0 aromatic heterocycles. The number of methoxy groups -OCH3 is 1. The molecule has 1 aromatic carbocycles. The largest absolute Gasteiger partial charge is 0.469 e. The van der Waals surface area contributed by atoms with E-state index in [0.717, 1.165) is 37.6 Å². The summed E-state index contributed by atoms with van der Waals surface area (Å²) in [6, 6.07) is 10.8. The molecule has 0 radical (unpaired) electrons. The van der Waals surface area contributed by atoms with E-state index < -0.39 is 0 Å². The molecule has 2 aliphatic rings. The number of allylic oxidation sites excluding steroid dienone is 2. The summed E-state index contributed by atoms with van der Waals surface area (Å²) >= 11 is 3.73. The maximum atomic E-state index is 11.2. The highest BCUT2D eigenvalue weighted by Crippen LogP contribution is 2.57. The molecule has 0 spiro atoms. The maximum absolute atomic E-state index is 11.2. The summed E-state index contributed by atoms with van der Waals surface area (Å²) in [6.07, 6.45) is 10.6. The number of carbonyl (C=O) groups excluding carboxylic acids is 1. The van der Waals surface area contributed by atoms with E-state index in [1.54, 1.807) is 0 Å². The third-order valence-electron chi connectivity index (χ3n) is 6.09. The number of carbonyl (C=O) groups is 1. The van der Waals surface area contributed by atoms with Gasteiger partial charge >= 0.3 is 5.97 Å². The maximum Gasteiger partial charge on any atom is 0.305 e. The third kappa shape index (κ3) is 4.40. The van der Waals surface area contributed by atoms with E-state index in [4.69, 9.17) is 4.74 Å². The van der Waals surface area contributed by atoms with Gasteiger partial charge in [-0.05, 0) is 49.5 Å². The molecule has 0 unspecified atom stereocenters. The number of ether oxygens (including phenoxy) is 2. The minimum absolute atomic E-state index is 0.121. The predicted molar refractivity (Wildman–Crippen MR) is 107 cm³/mol. The summed E-state index contributed by atoms with van der Waals surface area (Å²) in [5.41, 5.74) is 1.68. The number of unbranched alkanes of at least 4 members (excludes halogenated alkanes) is 1. The van der Waals surface area contributed by atoms with E-state index in [9.17, 15) is 4.79 Å². The van der Waals surface area contributed by atoms with Crippen LogP contribution in [0.4, 0.5) is 0 Å². The molecule has 142 valence electrons. The second-order valence-electron chi connectivity index (χ2n) is 7.68. The zero-order valence-corrected chi connectivity index (χ0v) is 17.1. The van der Waals surface area contributed by atoms with Crippen LogP contribution in [0.15, 0.2) is 42.5 Å². The molecule has 26 heavy (non-hydrogen) atoms. The van der Waals surface area contributed by atoms with Gasteiger partial charge in [0.1, 0.15) is 0 Å². The number of alkyl halides is 1. The first-order chi connectivity index (χ1) is 12.7. The first-order valence-corrected chi connectivity index (χ1v) is 10.7. The number of hydrogen-bond acceptors (Lipinski definition) is 3. The van der Waals surface area contributed by atoms with Gasteiger partial charge in [-0.3, -0.25) is 4.79 Å². The monoisotopic (exact) mass is 420 g/mol. The smallest absolute Gasteiger partial charge is 0.305 e. The van der Waals surface area contributed by atoms with Gasteiger partial charge in [-0.2, -0.15) is 0 Å². The van der Waals surface area contributed by atoms with Gasteiger partial charge in [-0.1, -0.05) is 58.4 Å². The fraction of sp³-hybridized carbons (Fsp3) is 0.591. The Morgan fingerprint density at radius 3 is 2.88 bits per heavy atom. The van der Waals surface area contributed by atoms with E-state index >= 15 is 0 Å². The highest BCUT2D eigenvalue weighted by molar-refractivity contribution is 9.09. The molecule has 1 saturated carbocycles. The van der Waals surface area contributed by atoms with Gasteiger partial charge in [-0.15, -0.1) is 0 Å². The van der Waals surface area contributed by atoms with Crippen molar-refractivity contribution in [1.29, 1.82) is 0 Å². The van der Waals surface area contributed by atoms with Crippen molar-refractivity contribution in [1.82, 2.24) is 0 Å². The second kappa shape index (κ2) is 9.18. The molecule has 1 aliphatic heterocycles. The lowest BCUT2D eigenvalue weighted by Crippen LogP contribution is -2.38. The van der Waals surface area contributed by atoms with Crippen LogP contribution in [0.5, 0.6) is 0 Å². The van der Waals surface area contributed by atoms with Crippen molar-refractivity contribution in [3.63, 3.8) is 0 Å². The van der Waals surface area contributed by atoms with Gasteiger partial charge in [0, 0.05) is 17.2 Å². The molecule has 3 nitrogen and oxygen atoms in total. The van der Waals surface area contributed by atoms with Crippen LogP contribution in [0.1, 0.15) is 37.7 Å². The number of benzene rings is 1. The summed E-state index contributed by atoms with van der Waals surface area (Å²) in [5.74, 6) is 1.12. The molecule has 3 rings (SSSR count). The number of halogens is 1. The molecule has 2 fully saturated rings. The van der Waals surface area contributed by atoms with Crippen molar-refractivity contribution >= 4 is 21.9 Å². The Hall–Kier alpha value is -1.13. The van der Waals surface area contributed by atoms with Gasteiger partial charge < -0.3 is 9.47 Å². The minimum atomic E-state index is -0.121. The molecule has 4 atom stereocenters. The average molecular weight is 421 g/mol. The first kappa shape index (κ1) is 19.6. The zero-order valence-electron chi connectivity index (χ0n) is 15.5. The second-order valence-corrected chi connectivity index (χ2v) is 8.33. The van der Waals surface area contributed by atoms with Crippen molar-refractivity contribution in [3.05, 3.63) is 48.0 Å². The van der Waals surface area contributed by atoms with Gasteiger partial charge in [0.05, 0.1) is 19.8 Å². The molecule has 2 bridgehead atoms. The van der Waals surface area contributed by atoms with E-state index in [0.29, 0.717) is 24.4 Å². The van der Waals surface area contributed by atoms with E-state index in [-0.39, 0.29) is 11.4 Å². The van der Waals surface area contributed by atoms with Crippen LogP contribution in [0, 0.1) is 17.3 Å². The summed E-state index contributed by atoms with van der Waals surface area (Å²) in [6.45, 7) is 0.886. The Labute approximate surface area is 165 Å². The van der Waals surface area contributed by atoms with Crippen molar-refractivity contribution in [2.45, 2.75) is 44.6 Å². The van der Waals surface area contributed by atoms with Crippen molar-refractivity contribution in [2.75, 3.05) is 19.0 Å². The molecular formula is C22H29BrO3. The molecular weight excluding hydrogens is 392 g/mol. The van der Waals surface area contributed by atoms with E-state index in [1.165, 1.54) is 19.1 Å². The Balaban J connectivity index is 1.60. The van der Waals surface area contributed by atoms with Crippen LogP contribution in [0.2, 0.25) is 0 Å². The summed E-state index contributed by atoms with van der Waals surface area (Å²) in [4.78, 5) is 11.2. The zero-order chi connectivity index (χ0) is 18.4. The topological polar surface area (TPSA) is 35.5 Å². The highest BCUT2D eigenvalue weighted by atomic mass is 79.9. The van der Waals surface area contributed by atoms with Crippen LogP contribution >= 0.6 is 15.9 Å². The van der Waals surface area contributed by atoms with Gasteiger partial charge in [-0.25, -0.2) is 0 Å². The van der Waals surface area contributed by atoms with Crippen molar-refractivity contribution in [3.8, 4) is 0 Å². The Morgan fingerprint density at radius 1 is 1.35 bits per heavy atom. The lowest BCUT2D eigenvalue weighted by molar-refractivity contribution is -0.140. The molecule has 1 aliphatic carbocycles. The van der Waals surface area contributed by atoms with Crippen molar-refractivity contribution in [2.24, 2.45) is 17.3 Å². The predicted octanol–water partition coefficient (Wildman–Crippen LogP) is 4.93. The number of hydrogen-bond donors (Lipinski definition) is 0. The molecule has 1 heterocycles. The lowest BCUT2D eigenvalue weighted by atomic mass is 9.70. The lowest BCUT2D eigenvalue weighted by Gasteiger charge is -2.38. The van der Waals surface area contributed by atoms with Crippen LogP contribution in [-0.4, -0.2) is 31.1 Å². The Morgan fingerprint density at radius 2 is 2.15 bits per heavy atom. The molecule has 0 amide bonds.